The fraction of sp³-hybridized carbons (Fsp3) is 0.188. The summed E-state index contributed by atoms with van der Waals surface area (Å²) in [5.41, 5.74) is 2.61. The molecule has 110 valence electrons. The number of nitrogens with one attached hydrogen (secondary N) is 1. The number of halogens is 3. The highest BCUT2D eigenvalue weighted by Crippen LogP contribution is 2.23. The minimum Gasteiger partial charge on any atom is -0.326 e. The number of carbonyl (C=O) groups is 1. The van der Waals surface area contributed by atoms with Gasteiger partial charge in [-0.1, -0.05) is 40.9 Å². The molecule has 0 aliphatic rings. The molecule has 0 aliphatic heterocycles. The number of benzene rings is 2. The van der Waals surface area contributed by atoms with E-state index in [2.05, 4.69) is 5.32 Å². The van der Waals surface area contributed by atoms with E-state index < -0.39 is 0 Å². The van der Waals surface area contributed by atoms with Crippen molar-refractivity contribution in [3.05, 3.63) is 62.6 Å². The summed E-state index contributed by atoms with van der Waals surface area (Å²) in [6.45, 7) is 1.90. The zero-order valence-electron chi connectivity index (χ0n) is 11.4. The molecule has 1 amide bonds. The van der Waals surface area contributed by atoms with Gasteiger partial charge in [-0.05, 0) is 54.8 Å². The van der Waals surface area contributed by atoms with Crippen LogP contribution in [-0.2, 0) is 11.2 Å². The highest BCUT2D eigenvalue weighted by molar-refractivity contribution is 6.35. The average molecular weight is 343 g/mol. The van der Waals surface area contributed by atoms with Crippen LogP contribution < -0.4 is 5.32 Å². The zero-order valence-corrected chi connectivity index (χ0v) is 13.7. The Labute approximate surface area is 139 Å². The fourth-order valence-corrected chi connectivity index (χ4v) is 2.68. The quantitative estimate of drug-likeness (QED) is 0.778. The molecule has 0 spiro atoms. The van der Waals surface area contributed by atoms with Gasteiger partial charge in [-0.3, -0.25) is 4.79 Å². The van der Waals surface area contributed by atoms with Crippen LogP contribution in [0.1, 0.15) is 17.5 Å². The molecule has 0 saturated carbocycles. The Hall–Kier alpha value is -1.22. The van der Waals surface area contributed by atoms with Gasteiger partial charge in [0.1, 0.15) is 0 Å². The van der Waals surface area contributed by atoms with Gasteiger partial charge in [0, 0.05) is 27.2 Å². The van der Waals surface area contributed by atoms with E-state index in [-0.39, 0.29) is 5.91 Å². The molecule has 0 atom stereocenters. The van der Waals surface area contributed by atoms with Crippen molar-refractivity contribution in [2.75, 3.05) is 5.32 Å². The third-order valence-electron chi connectivity index (χ3n) is 3.10. The van der Waals surface area contributed by atoms with Crippen molar-refractivity contribution in [3.63, 3.8) is 0 Å². The molecule has 0 unspecified atom stereocenters. The maximum absolute atomic E-state index is 12.0. The molecule has 2 rings (SSSR count). The van der Waals surface area contributed by atoms with Gasteiger partial charge in [0.25, 0.3) is 0 Å². The summed E-state index contributed by atoms with van der Waals surface area (Å²) in [7, 11) is 0. The third-order valence-corrected chi connectivity index (χ3v) is 3.92. The van der Waals surface area contributed by atoms with Gasteiger partial charge < -0.3 is 5.32 Å². The van der Waals surface area contributed by atoms with Gasteiger partial charge in [-0.25, -0.2) is 0 Å². The standard InChI is InChI=1S/C16H14Cl3NO/c1-10-8-12(17)5-6-15(10)20-16(21)7-3-11-2-4-13(18)9-14(11)19/h2,4-6,8-9H,3,7H2,1H3,(H,20,21). The lowest BCUT2D eigenvalue weighted by molar-refractivity contribution is -0.116. The van der Waals surface area contributed by atoms with Gasteiger partial charge in [0.15, 0.2) is 0 Å². The maximum atomic E-state index is 12.0. The number of hydrogen-bond donors (Lipinski definition) is 1. The third kappa shape index (κ3) is 4.63. The number of aryl methyl sites for hydroxylation is 2. The highest BCUT2D eigenvalue weighted by Gasteiger charge is 2.08. The second kappa shape index (κ2) is 7.17. The molecule has 21 heavy (non-hydrogen) atoms. The number of rotatable bonds is 4. The Bertz CT molecular complexity index is 671. The molecule has 0 fully saturated rings. The first-order valence-corrected chi connectivity index (χ1v) is 7.59. The van der Waals surface area contributed by atoms with Crippen LogP contribution >= 0.6 is 34.8 Å². The normalized spacial score (nSPS) is 10.5. The van der Waals surface area contributed by atoms with Gasteiger partial charge in [-0.15, -0.1) is 0 Å². The van der Waals surface area contributed by atoms with E-state index in [1.807, 2.05) is 19.1 Å². The monoisotopic (exact) mass is 341 g/mol. The molecule has 0 saturated heterocycles. The van der Waals surface area contributed by atoms with Crippen LogP contribution in [0.25, 0.3) is 0 Å². The molecule has 5 heteroatoms. The topological polar surface area (TPSA) is 29.1 Å². The van der Waals surface area contributed by atoms with Crippen molar-refractivity contribution in [2.45, 2.75) is 19.8 Å². The zero-order chi connectivity index (χ0) is 15.4. The van der Waals surface area contributed by atoms with E-state index in [0.29, 0.717) is 27.9 Å². The SMILES string of the molecule is Cc1cc(Cl)ccc1NC(=O)CCc1ccc(Cl)cc1Cl. The Morgan fingerprint density at radius 3 is 2.38 bits per heavy atom. The summed E-state index contributed by atoms with van der Waals surface area (Å²) < 4.78 is 0. The smallest absolute Gasteiger partial charge is 0.224 e. The highest BCUT2D eigenvalue weighted by atomic mass is 35.5. The molecule has 2 aromatic carbocycles. The molecule has 2 nitrogen and oxygen atoms in total. The predicted octanol–water partition coefficient (Wildman–Crippen LogP) is 5.53. The molecule has 0 aromatic heterocycles. The average Bonchev–Trinajstić information content (AvgIpc) is 2.41. The minimum absolute atomic E-state index is 0.0635. The van der Waals surface area contributed by atoms with Crippen molar-refractivity contribution in [2.24, 2.45) is 0 Å². The van der Waals surface area contributed by atoms with Crippen molar-refractivity contribution in [3.8, 4) is 0 Å². The Kier molecular flexibility index (Phi) is 5.51. The van der Waals surface area contributed by atoms with Crippen molar-refractivity contribution in [1.29, 1.82) is 0 Å². The lowest BCUT2D eigenvalue weighted by Gasteiger charge is -2.09. The lowest BCUT2D eigenvalue weighted by Crippen LogP contribution is -2.13. The van der Waals surface area contributed by atoms with Crippen LogP contribution in [0.4, 0.5) is 5.69 Å². The molecular formula is C16H14Cl3NO. The molecule has 0 aliphatic carbocycles. The van der Waals surface area contributed by atoms with E-state index in [0.717, 1.165) is 16.8 Å². The van der Waals surface area contributed by atoms with Crippen molar-refractivity contribution < 1.29 is 4.79 Å². The number of carbonyl (C=O) groups excluding carboxylic acids is 1. The van der Waals surface area contributed by atoms with Crippen LogP contribution in [-0.4, -0.2) is 5.91 Å². The summed E-state index contributed by atoms with van der Waals surface area (Å²) in [4.78, 5) is 12.0. The Morgan fingerprint density at radius 1 is 1.05 bits per heavy atom. The van der Waals surface area contributed by atoms with E-state index in [1.54, 1.807) is 24.3 Å². The molecule has 2 aromatic rings. The second-order valence-corrected chi connectivity index (χ2v) is 6.02. The minimum atomic E-state index is -0.0635. The lowest BCUT2D eigenvalue weighted by atomic mass is 10.1. The summed E-state index contributed by atoms with van der Waals surface area (Å²) in [5.74, 6) is -0.0635. The van der Waals surface area contributed by atoms with Crippen LogP contribution in [0, 0.1) is 6.92 Å². The largest absolute Gasteiger partial charge is 0.326 e. The maximum Gasteiger partial charge on any atom is 0.224 e. The van der Waals surface area contributed by atoms with Crippen LogP contribution in [0.3, 0.4) is 0 Å². The molecular weight excluding hydrogens is 329 g/mol. The first-order valence-electron chi connectivity index (χ1n) is 6.45. The van der Waals surface area contributed by atoms with Gasteiger partial charge in [0.2, 0.25) is 5.91 Å². The summed E-state index contributed by atoms with van der Waals surface area (Å²) >= 11 is 17.8. The first-order chi connectivity index (χ1) is 9.95. The van der Waals surface area contributed by atoms with Gasteiger partial charge in [0.05, 0.1) is 0 Å². The summed E-state index contributed by atoms with van der Waals surface area (Å²) in [6, 6.07) is 10.6. The Balaban J connectivity index is 1.96. The molecule has 1 N–H and O–H groups in total. The molecule has 0 heterocycles. The number of anilines is 1. The van der Waals surface area contributed by atoms with E-state index >= 15 is 0 Å². The fourth-order valence-electron chi connectivity index (χ4n) is 1.95. The van der Waals surface area contributed by atoms with Crippen LogP contribution in [0.5, 0.6) is 0 Å². The van der Waals surface area contributed by atoms with E-state index in [4.69, 9.17) is 34.8 Å². The van der Waals surface area contributed by atoms with Gasteiger partial charge in [-0.2, -0.15) is 0 Å². The van der Waals surface area contributed by atoms with Crippen molar-refractivity contribution in [1.82, 2.24) is 0 Å². The Morgan fingerprint density at radius 2 is 1.71 bits per heavy atom. The predicted molar refractivity (Wildman–Crippen MR) is 89.6 cm³/mol. The molecule has 0 bridgehead atoms. The van der Waals surface area contributed by atoms with Crippen LogP contribution in [0.15, 0.2) is 36.4 Å². The first kappa shape index (κ1) is 16.2. The van der Waals surface area contributed by atoms with Crippen molar-refractivity contribution >= 4 is 46.4 Å². The van der Waals surface area contributed by atoms with E-state index in [1.165, 1.54) is 0 Å². The number of hydrogen-bond acceptors (Lipinski definition) is 1. The van der Waals surface area contributed by atoms with Gasteiger partial charge >= 0.3 is 0 Å². The second-order valence-electron chi connectivity index (χ2n) is 4.74. The van der Waals surface area contributed by atoms with E-state index in [9.17, 15) is 4.79 Å². The summed E-state index contributed by atoms with van der Waals surface area (Å²) in [6.07, 6.45) is 0.915. The van der Waals surface area contributed by atoms with Crippen LogP contribution in [0.2, 0.25) is 15.1 Å². The molecule has 0 radical (unpaired) electrons. The number of amides is 1. The summed E-state index contributed by atoms with van der Waals surface area (Å²) in [5, 5.41) is 4.69.